The summed E-state index contributed by atoms with van der Waals surface area (Å²) in [5.74, 6) is -0.209. The molecular weight excluding hydrogens is 306 g/mol. The smallest absolute Gasteiger partial charge is 0.255 e. The molecular formula is C18H23N3O3. The Morgan fingerprint density at radius 2 is 1.88 bits per heavy atom. The zero-order valence-corrected chi connectivity index (χ0v) is 14.1. The molecule has 4 rings (SSSR count). The van der Waals surface area contributed by atoms with Crippen LogP contribution in [-0.2, 0) is 16.1 Å². The van der Waals surface area contributed by atoms with Crippen LogP contribution >= 0.6 is 0 Å². The number of hydrogen-bond acceptors (Lipinski definition) is 4. The highest BCUT2D eigenvalue weighted by Gasteiger charge is 2.39. The third kappa shape index (κ3) is 2.82. The number of hydrogen-bond donors (Lipinski definition) is 2. The largest absolute Gasteiger partial charge is 0.322 e. The minimum Gasteiger partial charge on any atom is -0.322 e. The second-order valence-electron chi connectivity index (χ2n) is 6.17. The highest BCUT2D eigenvalue weighted by molar-refractivity contribution is 6.05. The van der Waals surface area contributed by atoms with Gasteiger partial charge in [-0.1, -0.05) is 26.0 Å². The summed E-state index contributed by atoms with van der Waals surface area (Å²) < 4.78 is 0. The topological polar surface area (TPSA) is 78.5 Å². The molecule has 0 aromatic heterocycles. The van der Waals surface area contributed by atoms with E-state index in [1.165, 1.54) is 5.56 Å². The van der Waals surface area contributed by atoms with Gasteiger partial charge in [0.05, 0.1) is 0 Å². The second-order valence-corrected chi connectivity index (χ2v) is 6.17. The fourth-order valence-corrected chi connectivity index (χ4v) is 3.37. The van der Waals surface area contributed by atoms with E-state index >= 15 is 0 Å². The summed E-state index contributed by atoms with van der Waals surface area (Å²) in [5, 5.41) is 5.57. The molecule has 0 bridgehead atoms. The van der Waals surface area contributed by atoms with Crippen molar-refractivity contribution in [2.75, 3.05) is 13.1 Å². The molecule has 3 aliphatic heterocycles. The van der Waals surface area contributed by atoms with Crippen LogP contribution in [0.5, 0.6) is 0 Å². The Balaban J connectivity index is 0.000000815. The van der Waals surface area contributed by atoms with E-state index in [1.54, 1.807) is 4.90 Å². The van der Waals surface area contributed by atoms with E-state index < -0.39 is 6.04 Å². The van der Waals surface area contributed by atoms with Crippen molar-refractivity contribution in [2.24, 2.45) is 0 Å². The number of benzene rings is 1. The summed E-state index contributed by atoms with van der Waals surface area (Å²) in [6.07, 6.45) is 0.694. The van der Waals surface area contributed by atoms with Crippen molar-refractivity contribution in [1.29, 1.82) is 0 Å². The van der Waals surface area contributed by atoms with Gasteiger partial charge in [0.1, 0.15) is 6.04 Å². The SMILES string of the molecule is CC.O=C1CCC(N2Cc3cc(C4CNC4)ccc3C2=O)C(=O)N1. The van der Waals surface area contributed by atoms with Gasteiger partial charge in [-0.3, -0.25) is 19.7 Å². The van der Waals surface area contributed by atoms with E-state index in [0.29, 0.717) is 24.4 Å². The summed E-state index contributed by atoms with van der Waals surface area (Å²) in [6.45, 7) is 6.40. The fourth-order valence-electron chi connectivity index (χ4n) is 3.37. The molecule has 3 amide bonds. The van der Waals surface area contributed by atoms with E-state index in [1.807, 2.05) is 26.0 Å². The maximum Gasteiger partial charge on any atom is 0.255 e. The van der Waals surface area contributed by atoms with E-state index in [9.17, 15) is 14.4 Å². The maximum atomic E-state index is 12.5. The van der Waals surface area contributed by atoms with Crippen LogP contribution in [-0.4, -0.2) is 41.8 Å². The molecule has 2 fully saturated rings. The van der Waals surface area contributed by atoms with Crippen molar-refractivity contribution in [3.05, 3.63) is 34.9 Å². The summed E-state index contributed by atoms with van der Waals surface area (Å²) in [5.41, 5.74) is 2.91. The lowest BCUT2D eigenvalue weighted by Gasteiger charge is -2.29. The minimum atomic E-state index is -0.536. The first-order chi connectivity index (χ1) is 11.6. The van der Waals surface area contributed by atoms with Crippen LogP contribution in [0.3, 0.4) is 0 Å². The van der Waals surface area contributed by atoms with Gasteiger partial charge in [0.2, 0.25) is 11.8 Å². The van der Waals surface area contributed by atoms with Crippen LogP contribution in [0.2, 0.25) is 0 Å². The van der Waals surface area contributed by atoms with Gasteiger partial charge in [-0.05, 0) is 23.6 Å². The first kappa shape index (κ1) is 16.6. The van der Waals surface area contributed by atoms with E-state index in [4.69, 9.17) is 0 Å². The Labute approximate surface area is 141 Å². The molecule has 3 heterocycles. The molecule has 128 valence electrons. The standard InChI is InChI=1S/C16H17N3O3.C2H6/c20-14-4-3-13(15(21)18-14)19-8-10-5-9(11-6-17-7-11)1-2-12(10)16(19)22;1-2/h1-2,5,11,13,17H,3-4,6-8H2,(H,18,20,21);1-2H3. The Morgan fingerprint density at radius 3 is 2.50 bits per heavy atom. The molecule has 1 unspecified atom stereocenters. The molecule has 2 N–H and O–H groups in total. The molecule has 1 atom stereocenters. The molecule has 0 aliphatic carbocycles. The number of rotatable bonds is 2. The average Bonchev–Trinajstić information content (AvgIpc) is 2.84. The Bertz CT molecular complexity index is 682. The number of amides is 3. The normalized spacial score (nSPS) is 23.2. The third-order valence-corrected chi connectivity index (χ3v) is 4.80. The summed E-state index contributed by atoms with van der Waals surface area (Å²) in [4.78, 5) is 37.4. The summed E-state index contributed by atoms with van der Waals surface area (Å²) >= 11 is 0. The van der Waals surface area contributed by atoms with Crippen molar-refractivity contribution in [2.45, 2.75) is 45.2 Å². The van der Waals surface area contributed by atoms with Crippen molar-refractivity contribution >= 4 is 17.7 Å². The second kappa shape index (κ2) is 6.73. The summed E-state index contributed by atoms with van der Waals surface area (Å²) in [6, 6.07) is 5.43. The molecule has 0 radical (unpaired) electrons. The lowest BCUT2D eigenvalue weighted by atomic mass is 9.91. The molecule has 3 aliphatic rings. The van der Waals surface area contributed by atoms with Crippen LogP contribution in [0, 0.1) is 0 Å². The van der Waals surface area contributed by atoms with Gasteiger partial charge in [0.25, 0.3) is 5.91 Å². The quantitative estimate of drug-likeness (QED) is 0.798. The number of imide groups is 1. The van der Waals surface area contributed by atoms with Crippen molar-refractivity contribution in [3.8, 4) is 0 Å². The molecule has 0 spiro atoms. The van der Waals surface area contributed by atoms with Crippen LogP contribution in [0.15, 0.2) is 18.2 Å². The number of piperidine rings is 1. The van der Waals surface area contributed by atoms with Crippen LogP contribution < -0.4 is 10.6 Å². The molecule has 24 heavy (non-hydrogen) atoms. The van der Waals surface area contributed by atoms with Gasteiger partial charge < -0.3 is 10.2 Å². The summed E-state index contributed by atoms with van der Waals surface area (Å²) in [7, 11) is 0. The van der Waals surface area contributed by atoms with Gasteiger partial charge in [0.15, 0.2) is 0 Å². The van der Waals surface area contributed by atoms with Crippen LogP contribution in [0.25, 0.3) is 0 Å². The van der Waals surface area contributed by atoms with Gasteiger partial charge in [-0.25, -0.2) is 0 Å². The van der Waals surface area contributed by atoms with E-state index in [2.05, 4.69) is 16.7 Å². The molecule has 1 aromatic carbocycles. The molecule has 2 saturated heterocycles. The minimum absolute atomic E-state index is 0.109. The number of carbonyl (C=O) groups excluding carboxylic acids is 3. The third-order valence-electron chi connectivity index (χ3n) is 4.80. The predicted octanol–water partition coefficient (Wildman–Crippen LogP) is 1.16. The highest BCUT2D eigenvalue weighted by atomic mass is 16.2. The number of fused-ring (bicyclic) bond motifs is 1. The zero-order chi connectivity index (χ0) is 17.3. The number of nitrogens with zero attached hydrogens (tertiary/aromatic N) is 1. The predicted molar refractivity (Wildman–Crippen MR) is 89.4 cm³/mol. The van der Waals surface area contributed by atoms with Gasteiger partial charge >= 0.3 is 0 Å². The van der Waals surface area contributed by atoms with Crippen molar-refractivity contribution in [3.63, 3.8) is 0 Å². The van der Waals surface area contributed by atoms with Gasteiger partial charge in [-0.2, -0.15) is 0 Å². The lowest BCUT2D eigenvalue weighted by molar-refractivity contribution is -0.136. The van der Waals surface area contributed by atoms with Crippen molar-refractivity contribution in [1.82, 2.24) is 15.5 Å². The van der Waals surface area contributed by atoms with Gasteiger partial charge in [-0.15, -0.1) is 0 Å². The fraction of sp³-hybridized carbons (Fsp3) is 0.500. The first-order valence-corrected chi connectivity index (χ1v) is 8.61. The van der Waals surface area contributed by atoms with E-state index in [-0.39, 0.29) is 24.1 Å². The first-order valence-electron chi connectivity index (χ1n) is 8.61. The molecule has 0 saturated carbocycles. The van der Waals surface area contributed by atoms with E-state index in [0.717, 1.165) is 18.7 Å². The van der Waals surface area contributed by atoms with Crippen LogP contribution in [0.4, 0.5) is 0 Å². The maximum absolute atomic E-state index is 12.5. The van der Waals surface area contributed by atoms with Crippen LogP contribution in [0.1, 0.15) is 54.1 Å². The number of carbonyl (C=O) groups is 3. The van der Waals surface area contributed by atoms with Gasteiger partial charge in [0, 0.05) is 37.5 Å². The number of nitrogens with one attached hydrogen (secondary N) is 2. The monoisotopic (exact) mass is 329 g/mol. The lowest BCUT2D eigenvalue weighted by Crippen LogP contribution is -2.52. The Hall–Kier alpha value is -2.21. The Morgan fingerprint density at radius 1 is 1.12 bits per heavy atom. The molecule has 6 nitrogen and oxygen atoms in total. The molecule has 6 heteroatoms. The highest BCUT2D eigenvalue weighted by Crippen LogP contribution is 2.30. The van der Waals surface area contributed by atoms with Crippen molar-refractivity contribution < 1.29 is 14.4 Å². The molecule has 1 aromatic rings. The zero-order valence-electron chi connectivity index (χ0n) is 14.1. The average molecular weight is 329 g/mol. The Kier molecular flexibility index (Phi) is 4.66.